The van der Waals surface area contributed by atoms with Crippen molar-refractivity contribution in [3.63, 3.8) is 0 Å². The van der Waals surface area contributed by atoms with E-state index in [2.05, 4.69) is 37.5 Å². The Morgan fingerprint density at radius 3 is 2.62 bits per heavy atom. The van der Waals surface area contributed by atoms with Crippen LogP contribution in [0.1, 0.15) is 13.3 Å². The quantitative estimate of drug-likeness (QED) is 0.649. The Hall–Kier alpha value is -0.170. The number of fused-ring (bicyclic) bond motifs is 1. The van der Waals surface area contributed by atoms with Crippen LogP contribution in [0.5, 0.6) is 0 Å². The molecular formula is C12H18S. The molecule has 0 aliphatic heterocycles. The predicted octanol–water partition coefficient (Wildman–Crippen LogP) is 3.36. The summed E-state index contributed by atoms with van der Waals surface area (Å²) < 4.78 is 0. The van der Waals surface area contributed by atoms with Gasteiger partial charge >= 0.3 is 0 Å². The van der Waals surface area contributed by atoms with Gasteiger partial charge < -0.3 is 0 Å². The fourth-order valence-electron chi connectivity index (χ4n) is 2.87. The van der Waals surface area contributed by atoms with Crippen LogP contribution in [0, 0.1) is 23.7 Å². The summed E-state index contributed by atoms with van der Waals surface area (Å²) in [6.45, 7) is 2.40. The molecule has 0 N–H and O–H groups in total. The molecule has 4 unspecified atom stereocenters. The largest absolute Gasteiger partial charge is 0.165 e. The highest BCUT2D eigenvalue weighted by Crippen LogP contribution is 2.45. The monoisotopic (exact) mass is 194 g/mol. The average Bonchev–Trinajstić information content (AvgIpc) is 2.46. The predicted molar refractivity (Wildman–Crippen MR) is 60.9 cm³/mol. The van der Waals surface area contributed by atoms with Crippen molar-refractivity contribution in [2.45, 2.75) is 13.3 Å². The van der Waals surface area contributed by atoms with E-state index < -0.39 is 0 Å². The summed E-state index contributed by atoms with van der Waals surface area (Å²) in [7, 11) is 0. The molecule has 0 aromatic carbocycles. The number of rotatable bonds is 2. The SMILES string of the molecule is CSCC1CC(C)C2C=CC=CC12. The van der Waals surface area contributed by atoms with Gasteiger partial charge in [-0.15, -0.1) is 0 Å². The van der Waals surface area contributed by atoms with Crippen LogP contribution in [-0.2, 0) is 0 Å². The smallest absolute Gasteiger partial charge is 0.00360 e. The molecule has 0 nitrogen and oxygen atoms in total. The fraction of sp³-hybridized carbons (Fsp3) is 0.667. The third-order valence-electron chi connectivity index (χ3n) is 3.48. The van der Waals surface area contributed by atoms with Crippen LogP contribution >= 0.6 is 11.8 Å². The Kier molecular flexibility index (Phi) is 2.83. The van der Waals surface area contributed by atoms with E-state index in [0.717, 1.165) is 23.7 Å². The molecule has 4 atom stereocenters. The van der Waals surface area contributed by atoms with Crippen LogP contribution in [0.3, 0.4) is 0 Å². The molecule has 0 radical (unpaired) electrons. The van der Waals surface area contributed by atoms with Gasteiger partial charge in [0.25, 0.3) is 0 Å². The van der Waals surface area contributed by atoms with Crippen molar-refractivity contribution < 1.29 is 0 Å². The van der Waals surface area contributed by atoms with Gasteiger partial charge in [0.2, 0.25) is 0 Å². The molecule has 2 aliphatic carbocycles. The minimum absolute atomic E-state index is 0.835. The molecule has 2 rings (SSSR count). The van der Waals surface area contributed by atoms with Crippen molar-refractivity contribution in [3.05, 3.63) is 24.3 Å². The normalized spacial score (nSPS) is 42.3. The van der Waals surface area contributed by atoms with Gasteiger partial charge in [0.1, 0.15) is 0 Å². The van der Waals surface area contributed by atoms with Crippen molar-refractivity contribution in [1.82, 2.24) is 0 Å². The third kappa shape index (κ3) is 1.71. The van der Waals surface area contributed by atoms with Gasteiger partial charge in [0, 0.05) is 0 Å². The van der Waals surface area contributed by atoms with Crippen LogP contribution in [-0.4, -0.2) is 12.0 Å². The summed E-state index contributed by atoms with van der Waals surface area (Å²) in [5.41, 5.74) is 0. The molecule has 1 heteroatoms. The van der Waals surface area contributed by atoms with Gasteiger partial charge in [-0.05, 0) is 42.1 Å². The van der Waals surface area contributed by atoms with E-state index in [0.29, 0.717) is 0 Å². The van der Waals surface area contributed by atoms with Gasteiger partial charge in [-0.1, -0.05) is 31.2 Å². The molecule has 2 aliphatic rings. The first-order chi connectivity index (χ1) is 6.33. The summed E-state index contributed by atoms with van der Waals surface area (Å²) in [6, 6.07) is 0. The number of hydrogen-bond acceptors (Lipinski definition) is 1. The number of allylic oxidation sites excluding steroid dienone is 4. The topological polar surface area (TPSA) is 0 Å². The van der Waals surface area contributed by atoms with Gasteiger partial charge in [0.05, 0.1) is 0 Å². The Labute approximate surface area is 85.5 Å². The average molecular weight is 194 g/mol. The van der Waals surface area contributed by atoms with Crippen molar-refractivity contribution in [2.75, 3.05) is 12.0 Å². The Morgan fingerprint density at radius 2 is 1.92 bits per heavy atom. The molecule has 0 spiro atoms. The van der Waals surface area contributed by atoms with Crippen molar-refractivity contribution in [2.24, 2.45) is 23.7 Å². The fourth-order valence-corrected chi connectivity index (χ4v) is 3.65. The summed E-state index contributed by atoms with van der Waals surface area (Å²) in [5, 5.41) is 0. The van der Waals surface area contributed by atoms with E-state index in [1.54, 1.807) is 0 Å². The van der Waals surface area contributed by atoms with Crippen molar-refractivity contribution in [1.29, 1.82) is 0 Å². The highest BCUT2D eigenvalue weighted by atomic mass is 32.2. The summed E-state index contributed by atoms with van der Waals surface area (Å²) in [6.07, 6.45) is 12.9. The minimum Gasteiger partial charge on any atom is -0.165 e. The lowest BCUT2D eigenvalue weighted by Crippen LogP contribution is -2.15. The van der Waals surface area contributed by atoms with Gasteiger partial charge in [-0.2, -0.15) is 11.8 Å². The maximum absolute atomic E-state index is 2.43. The summed E-state index contributed by atoms with van der Waals surface area (Å²) in [5.74, 6) is 4.83. The van der Waals surface area contributed by atoms with E-state index in [1.165, 1.54) is 12.2 Å². The lowest BCUT2D eigenvalue weighted by Gasteiger charge is -2.22. The first-order valence-corrected chi connectivity index (χ1v) is 6.56. The van der Waals surface area contributed by atoms with Gasteiger partial charge in [-0.25, -0.2) is 0 Å². The molecule has 0 aromatic rings. The first kappa shape index (κ1) is 9.39. The third-order valence-corrected chi connectivity index (χ3v) is 4.24. The van der Waals surface area contributed by atoms with Crippen LogP contribution in [0.4, 0.5) is 0 Å². The second-order valence-corrected chi connectivity index (χ2v) is 5.26. The second kappa shape index (κ2) is 3.91. The Bertz CT molecular complexity index is 229. The van der Waals surface area contributed by atoms with Gasteiger partial charge in [0.15, 0.2) is 0 Å². The summed E-state index contributed by atoms with van der Waals surface area (Å²) >= 11 is 2.00. The Balaban J connectivity index is 2.10. The molecule has 0 aromatic heterocycles. The molecule has 0 saturated heterocycles. The van der Waals surface area contributed by atoms with E-state index in [1.807, 2.05) is 11.8 Å². The van der Waals surface area contributed by atoms with E-state index in [4.69, 9.17) is 0 Å². The maximum Gasteiger partial charge on any atom is -0.00360 e. The number of thioether (sulfide) groups is 1. The van der Waals surface area contributed by atoms with Crippen molar-refractivity contribution in [3.8, 4) is 0 Å². The van der Waals surface area contributed by atoms with Crippen molar-refractivity contribution >= 4 is 11.8 Å². The Morgan fingerprint density at radius 1 is 1.23 bits per heavy atom. The van der Waals surface area contributed by atoms with E-state index in [-0.39, 0.29) is 0 Å². The van der Waals surface area contributed by atoms with E-state index >= 15 is 0 Å². The minimum atomic E-state index is 0.835. The molecule has 13 heavy (non-hydrogen) atoms. The first-order valence-electron chi connectivity index (χ1n) is 5.17. The van der Waals surface area contributed by atoms with E-state index in [9.17, 15) is 0 Å². The molecule has 0 bridgehead atoms. The molecule has 1 saturated carbocycles. The van der Waals surface area contributed by atoms with Crippen LogP contribution in [0.25, 0.3) is 0 Å². The molecule has 0 heterocycles. The van der Waals surface area contributed by atoms with Crippen LogP contribution in [0.2, 0.25) is 0 Å². The zero-order valence-corrected chi connectivity index (χ0v) is 9.26. The summed E-state index contributed by atoms with van der Waals surface area (Å²) in [4.78, 5) is 0. The zero-order chi connectivity index (χ0) is 9.26. The van der Waals surface area contributed by atoms with Gasteiger partial charge in [-0.3, -0.25) is 0 Å². The zero-order valence-electron chi connectivity index (χ0n) is 8.44. The molecular weight excluding hydrogens is 176 g/mol. The second-order valence-electron chi connectivity index (χ2n) is 4.35. The molecule has 1 fully saturated rings. The highest BCUT2D eigenvalue weighted by molar-refractivity contribution is 7.98. The lowest BCUT2D eigenvalue weighted by atomic mass is 9.85. The standard InChI is InChI=1S/C12H18S/c1-9-7-10(8-13-2)12-6-4-3-5-11(9)12/h3-6,9-12H,7-8H2,1-2H3. The number of hydrogen-bond donors (Lipinski definition) is 0. The lowest BCUT2D eigenvalue weighted by molar-refractivity contribution is 0.430. The highest BCUT2D eigenvalue weighted by Gasteiger charge is 2.38. The van der Waals surface area contributed by atoms with Crippen LogP contribution in [0.15, 0.2) is 24.3 Å². The van der Waals surface area contributed by atoms with Crippen LogP contribution < -0.4 is 0 Å². The maximum atomic E-state index is 2.43. The molecule has 0 amide bonds. The molecule has 72 valence electrons.